The summed E-state index contributed by atoms with van der Waals surface area (Å²) >= 11 is 0. The van der Waals surface area contributed by atoms with Gasteiger partial charge in [0.2, 0.25) is 0 Å². The Balaban J connectivity index is 4.24. The van der Waals surface area contributed by atoms with Crippen molar-refractivity contribution in [3.05, 3.63) is 0 Å². The molecule has 0 aliphatic heterocycles. The molecule has 0 fully saturated rings. The molecule has 0 unspecified atom stereocenters. The van der Waals surface area contributed by atoms with Gasteiger partial charge in [0.15, 0.2) is 6.10 Å². The van der Waals surface area contributed by atoms with E-state index >= 15 is 0 Å². The van der Waals surface area contributed by atoms with Crippen LogP contribution in [0.4, 0.5) is 8.78 Å². The Labute approximate surface area is 78.9 Å². The summed E-state index contributed by atoms with van der Waals surface area (Å²) in [6.07, 6.45) is -2.24. The van der Waals surface area contributed by atoms with Crippen molar-refractivity contribution in [2.24, 2.45) is 0 Å². The zero-order chi connectivity index (χ0) is 11.1. The van der Waals surface area contributed by atoms with Crippen LogP contribution in [0, 0.1) is 0 Å². The van der Waals surface area contributed by atoms with E-state index in [9.17, 15) is 18.4 Å². The van der Waals surface area contributed by atoms with E-state index in [1.54, 1.807) is 0 Å². The van der Waals surface area contributed by atoms with Crippen LogP contribution in [-0.4, -0.2) is 38.9 Å². The molecule has 0 bridgehead atoms. The first kappa shape index (κ1) is 12.8. The molecule has 0 rings (SSSR count). The molecule has 0 aliphatic carbocycles. The monoisotopic (exact) mass is 212 g/mol. The Morgan fingerprint density at radius 2 is 1.79 bits per heavy atom. The lowest BCUT2D eigenvalue weighted by atomic mass is 10.2. The summed E-state index contributed by atoms with van der Waals surface area (Å²) < 4.78 is 35.7. The molecule has 0 aliphatic rings. The van der Waals surface area contributed by atoms with Crippen molar-refractivity contribution in [3.63, 3.8) is 0 Å². The van der Waals surface area contributed by atoms with Crippen LogP contribution < -0.4 is 0 Å². The van der Waals surface area contributed by atoms with Crippen LogP contribution in [0.1, 0.15) is 6.42 Å². The second-order valence-electron chi connectivity index (χ2n) is 2.19. The maximum atomic E-state index is 11.8. The van der Waals surface area contributed by atoms with Crippen molar-refractivity contribution in [2.75, 3.05) is 14.2 Å². The normalized spacial score (nSPS) is 12.4. The maximum absolute atomic E-state index is 11.8. The van der Waals surface area contributed by atoms with Crippen LogP contribution in [0.2, 0.25) is 0 Å². The van der Waals surface area contributed by atoms with Crippen molar-refractivity contribution in [3.8, 4) is 0 Å². The van der Waals surface area contributed by atoms with Crippen LogP contribution in [0.25, 0.3) is 0 Å². The fraction of sp³-hybridized carbons (Fsp3) is 0.714. The van der Waals surface area contributed by atoms with Gasteiger partial charge in [-0.2, -0.15) is 8.78 Å². The number of carbonyl (C=O) groups is 2. The predicted molar refractivity (Wildman–Crippen MR) is 39.5 cm³/mol. The predicted octanol–water partition coefficient (Wildman–Crippen LogP) is 0.330. The van der Waals surface area contributed by atoms with E-state index in [1.807, 2.05) is 0 Å². The zero-order valence-corrected chi connectivity index (χ0v) is 7.66. The first-order chi connectivity index (χ1) is 6.51. The van der Waals surface area contributed by atoms with Crippen LogP contribution in [0.3, 0.4) is 0 Å². The number of halogens is 2. The van der Waals surface area contributed by atoms with Crippen molar-refractivity contribution >= 4 is 11.9 Å². The fourth-order valence-electron chi connectivity index (χ4n) is 0.677. The summed E-state index contributed by atoms with van der Waals surface area (Å²) in [5.41, 5.74) is 0. The highest BCUT2D eigenvalue weighted by molar-refractivity contribution is 5.81. The third kappa shape index (κ3) is 4.70. The topological polar surface area (TPSA) is 61.8 Å². The van der Waals surface area contributed by atoms with E-state index in [1.165, 1.54) is 0 Å². The Hall–Kier alpha value is -1.24. The molecule has 5 nitrogen and oxygen atoms in total. The molecule has 0 saturated heterocycles. The molecule has 7 heteroatoms. The van der Waals surface area contributed by atoms with E-state index in [-0.39, 0.29) is 0 Å². The molecular formula is C7H10F2O5. The van der Waals surface area contributed by atoms with Gasteiger partial charge in [-0.3, -0.25) is 4.79 Å². The summed E-state index contributed by atoms with van der Waals surface area (Å²) in [4.78, 5) is 21.5. The smallest absolute Gasteiger partial charge is 0.346 e. The highest BCUT2D eigenvalue weighted by Crippen LogP contribution is 2.08. The van der Waals surface area contributed by atoms with Gasteiger partial charge in [0.05, 0.1) is 20.6 Å². The summed E-state index contributed by atoms with van der Waals surface area (Å²) in [6.45, 7) is -3.15. The largest absolute Gasteiger partial charge is 0.469 e. The zero-order valence-electron chi connectivity index (χ0n) is 7.66. The SMILES string of the molecule is COC(=O)C[C@H](OC(F)F)C(=O)OC. The van der Waals surface area contributed by atoms with E-state index in [2.05, 4.69) is 14.2 Å². The van der Waals surface area contributed by atoms with Crippen LogP contribution >= 0.6 is 0 Å². The second kappa shape index (κ2) is 6.25. The minimum atomic E-state index is -3.15. The minimum absolute atomic E-state index is 0.604. The maximum Gasteiger partial charge on any atom is 0.346 e. The number of ether oxygens (including phenoxy) is 3. The molecule has 0 spiro atoms. The third-order valence-electron chi connectivity index (χ3n) is 1.31. The molecule has 0 saturated carbocycles. The van der Waals surface area contributed by atoms with E-state index in [4.69, 9.17) is 0 Å². The average Bonchev–Trinajstić information content (AvgIpc) is 2.14. The van der Waals surface area contributed by atoms with Crippen molar-refractivity contribution < 1.29 is 32.6 Å². The molecule has 0 aromatic heterocycles. The molecule has 0 amide bonds. The number of rotatable bonds is 5. The number of esters is 2. The Bertz CT molecular complexity index is 206. The van der Waals surface area contributed by atoms with Gasteiger partial charge in [-0.25, -0.2) is 4.79 Å². The summed E-state index contributed by atoms with van der Waals surface area (Å²) in [5, 5.41) is 0. The van der Waals surface area contributed by atoms with Crippen LogP contribution in [0.15, 0.2) is 0 Å². The lowest BCUT2D eigenvalue weighted by Gasteiger charge is -2.13. The van der Waals surface area contributed by atoms with Gasteiger partial charge >= 0.3 is 18.6 Å². The lowest BCUT2D eigenvalue weighted by molar-refractivity contribution is -0.193. The van der Waals surface area contributed by atoms with Gasteiger partial charge < -0.3 is 14.2 Å². The summed E-state index contributed by atoms with van der Waals surface area (Å²) in [7, 11) is 2.07. The van der Waals surface area contributed by atoms with Crippen molar-refractivity contribution in [1.29, 1.82) is 0 Å². The molecule has 14 heavy (non-hydrogen) atoms. The van der Waals surface area contributed by atoms with E-state index < -0.39 is 31.1 Å². The molecule has 0 radical (unpaired) electrons. The molecule has 0 aromatic carbocycles. The average molecular weight is 212 g/mol. The number of hydrogen-bond donors (Lipinski definition) is 0. The number of hydrogen-bond acceptors (Lipinski definition) is 5. The van der Waals surface area contributed by atoms with Gasteiger partial charge in [-0.1, -0.05) is 0 Å². The highest BCUT2D eigenvalue weighted by Gasteiger charge is 2.27. The van der Waals surface area contributed by atoms with Gasteiger partial charge in [0, 0.05) is 0 Å². The number of alkyl halides is 2. The fourth-order valence-corrected chi connectivity index (χ4v) is 0.677. The summed E-state index contributed by atoms with van der Waals surface area (Å²) in [6, 6.07) is 0. The molecule has 0 aromatic rings. The first-order valence-corrected chi connectivity index (χ1v) is 3.59. The quantitative estimate of drug-likeness (QED) is 0.614. The van der Waals surface area contributed by atoms with Gasteiger partial charge in [0.1, 0.15) is 0 Å². The molecule has 0 heterocycles. The Morgan fingerprint density at radius 1 is 1.21 bits per heavy atom. The van der Waals surface area contributed by atoms with Gasteiger partial charge in [-0.05, 0) is 0 Å². The van der Waals surface area contributed by atoms with E-state index in [0.717, 1.165) is 14.2 Å². The van der Waals surface area contributed by atoms with Crippen molar-refractivity contribution in [2.45, 2.75) is 19.1 Å². The Morgan fingerprint density at radius 3 is 2.14 bits per heavy atom. The van der Waals surface area contributed by atoms with Gasteiger partial charge in [-0.15, -0.1) is 0 Å². The van der Waals surface area contributed by atoms with E-state index in [0.29, 0.717) is 0 Å². The van der Waals surface area contributed by atoms with Crippen LogP contribution in [0.5, 0.6) is 0 Å². The first-order valence-electron chi connectivity index (χ1n) is 3.59. The third-order valence-corrected chi connectivity index (χ3v) is 1.31. The molecule has 82 valence electrons. The second-order valence-corrected chi connectivity index (χ2v) is 2.19. The summed E-state index contributed by atoms with van der Waals surface area (Å²) in [5.74, 6) is -1.88. The minimum Gasteiger partial charge on any atom is -0.469 e. The highest BCUT2D eigenvalue weighted by atomic mass is 19.3. The number of carbonyl (C=O) groups excluding carboxylic acids is 2. The van der Waals surface area contributed by atoms with Crippen LogP contribution in [-0.2, 0) is 23.8 Å². The Kier molecular flexibility index (Phi) is 5.70. The standard InChI is InChI=1S/C7H10F2O5/c1-12-5(10)3-4(6(11)13-2)14-7(8)9/h4,7H,3H2,1-2H3/t4-/m0/s1. The lowest BCUT2D eigenvalue weighted by Crippen LogP contribution is -2.30. The molecule has 1 atom stereocenters. The molecular weight excluding hydrogens is 202 g/mol. The van der Waals surface area contributed by atoms with Crippen molar-refractivity contribution in [1.82, 2.24) is 0 Å². The molecule has 0 N–H and O–H groups in total. The van der Waals surface area contributed by atoms with Gasteiger partial charge in [0.25, 0.3) is 0 Å². The number of methoxy groups -OCH3 is 2.